The van der Waals surface area contributed by atoms with E-state index in [9.17, 15) is 9.59 Å². The van der Waals surface area contributed by atoms with Crippen LogP contribution in [0.15, 0.2) is 5.38 Å². The van der Waals surface area contributed by atoms with Crippen LogP contribution in [0.3, 0.4) is 0 Å². The zero-order valence-electron chi connectivity index (χ0n) is 9.40. The van der Waals surface area contributed by atoms with Crippen molar-refractivity contribution < 1.29 is 14.7 Å². The lowest BCUT2D eigenvalue weighted by Gasteiger charge is -2.17. The third kappa shape index (κ3) is 3.30. The number of hydrogen-bond acceptors (Lipinski definition) is 4. The summed E-state index contributed by atoms with van der Waals surface area (Å²) in [4.78, 5) is 26.4. The van der Waals surface area contributed by atoms with E-state index in [0.29, 0.717) is 5.13 Å². The van der Waals surface area contributed by atoms with Crippen LogP contribution in [0.4, 0.5) is 5.13 Å². The molecule has 0 aromatic carbocycles. The first-order chi connectivity index (χ1) is 7.31. The van der Waals surface area contributed by atoms with Gasteiger partial charge in [0.1, 0.15) is 0 Å². The van der Waals surface area contributed by atoms with Crippen molar-refractivity contribution in [2.24, 2.45) is 5.41 Å². The zero-order chi connectivity index (χ0) is 12.3. The maximum atomic E-state index is 11.5. The number of nitrogens with zero attached hydrogens (tertiary/aromatic N) is 1. The molecule has 0 unspecified atom stereocenters. The Balaban J connectivity index is 2.58. The molecule has 0 saturated carbocycles. The predicted octanol–water partition coefficient (Wildman–Crippen LogP) is 1.89. The quantitative estimate of drug-likeness (QED) is 0.845. The average molecular weight is 242 g/mol. The summed E-state index contributed by atoms with van der Waals surface area (Å²) < 4.78 is 0. The van der Waals surface area contributed by atoms with Crippen LogP contribution in [0.2, 0.25) is 0 Å². The summed E-state index contributed by atoms with van der Waals surface area (Å²) in [5.41, 5.74) is -0.228. The molecule has 1 heterocycles. The Hall–Kier alpha value is -1.43. The Morgan fingerprint density at radius 3 is 2.62 bits per heavy atom. The maximum Gasteiger partial charge on any atom is 0.309 e. The van der Waals surface area contributed by atoms with Crippen LogP contribution in [-0.2, 0) is 9.59 Å². The number of aryl methyl sites for hydroxylation is 1. The minimum Gasteiger partial charge on any atom is -0.481 e. The highest BCUT2D eigenvalue weighted by molar-refractivity contribution is 7.13. The van der Waals surface area contributed by atoms with Gasteiger partial charge in [-0.1, -0.05) is 0 Å². The maximum absolute atomic E-state index is 11.5. The van der Waals surface area contributed by atoms with Crippen LogP contribution >= 0.6 is 11.3 Å². The fourth-order valence-electron chi connectivity index (χ4n) is 1.05. The standard InChI is InChI=1S/C10H14N2O3S/c1-6-5-16-9(11-6)12-7(13)4-10(2,3)8(14)15/h5H,4H2,1-3H3,(H,14,15)(H,11,12,13). The van der Waals surface area contributed by atoms with Crippen molar-refractivity contribution >= 4 is 28.3 Å². The van der Waals surface area contributed by atoms with Crippen molar-refractivity contribution in [3.05, 3.63) is 11.1 Å². The number of aliphatic carboxylic acids is 1. The van der Waals surface area contributed by atoms with E-state index in [1.807, 2.05) is 12.3 Å². The first-order valence-electron chi connectivity index (χ1n) is 4.76. The highest BCUT2D eigenvalue weighted by atomic mass is 32.1. The summed E-state index contributed by atoms with van der Waals surface area (Å²) in [6.07, 6.45) is -0.0685. The normalized spacial score (nSPS) is 11.2. The van der Waals surface area contributed by atoms with Gasteiger partial charge in [0.05, 0.1) is 11.1 Å². The number of aromatic nitrogens is 1. The number of carbonyl (C=O) groups is 2. The molecule has 1 aromatic heterocycles. The molecule has 16 heavy (non-hydrogen) atoms. The lowest BCUT2D eigenvalue weighted by Crippen LogP contribution is -2.29. The van der Waals surface area contributed by atoms with E-state index in [4.69, 9.17) is 5.11 Å². The number of rotatable bonds is 4. The van der Waals surface area contributed by atoms with Crippen LogP contribution in [0, 0.1) is 12.3 Å². The Morgan fingerprint density at radius 1 is 1.56 bits per heavy atom. The average Bonchev–Trinajstić information content (AvgIpc) is 2.49. The number of carbonyl (C=O) groups excluding carboxylic acids is 1. The van der Waals surface area contributed by atoms with Gasteiger partial charge in [0.15, 0.2) is 5.13 Å². The van der Waals surface area contributed by atoms with Crippen LogP contribution in [-0.4, -0.2) is 22.0 Å². The number of nitrogens with one attached hydrogen (secondary N) is 1. The van der Waals surface area contributed by atoms with Gasteiger partial charge >= 0.3 is 5.97 Å². The van der Waals surface area contributed by atoms with Crippen LogP contribution in [0.1, 0.15) is 26.0 Å². The SMILES string of the molecule is Cc1csc(NC(=O)CC(C)(C)C(=O)O)n1. The van der Waals surface area contributed by atoms with Crippen LogP contribution in [0.5, 0.6) is 0 Å². The molecule has 1 amide bonds. The van der Waals surface area contributed by atoms with Gasteiger partial charge < -0.3 is 10.4 Å². The smallest absolute Gasteiger partial charge is 0.309 e. The van der Waals surface area contributed by atoms with E-state index in [1.165, 1.54) is 25.2 Å². The topological polar surface area (TPSA) is 79.3 Å². The first kappa shape index (κ1) is 12.6. The number of amides is 1. The Kier molecular flexibility index (Phi) is 3.64. The van der Waals surface area contributed by atoms with E-state index in [0.717, 1.165) is 5.69 Å². The molecule has 0 aliphatic rings. The van der Waals surface area contributed by atoms with Crippen molar-refractivity contribution in [2.45, 2.75) is 27.2 Å². The summed E-state index contributed by atoms with van der Waals surface area (Å²) in [5, 5.41) is 13.8. The second kappa shape index (κ2) is 4.61. The van der Waals surface area contributed by atoms with Crippen molar-refractivity contribution in [1.29, 1.82) is 0 Å². The van der Waals surface area contributed by atoms with Gasteiger partial charge in [-0.3, -0.25) is 9.59 Å². The first-order valence-corrected chi connectivity index (χ1v) is 5.64. The van der Waals surface area contributed by atoms with Crippen molar-refractivity contribution in [2.75, 3.05) is 5.32 Å². The third-order valence-corrected chi connectivity index (χ3v) is 2.92. The van der Waals surface area contributed by atoms with E-state index < -0.39 is 11.4 Å². The summed E-state index contributed by atoms with van der Waals surface area (Å²) in [6, 6.07) is 0. The zero-order valence-corrected chi connectivity index (χ0v) is 10.2. The molecule has 5 nitrogen and oxygen atoms in total. The number of carboxylic acid groups (broad SMARTS) is 1. The molecule has 0 fully saturated rings. The molecule has 0 aliphatic carbocycles. The van der Waals surface area contributed by atoms with Crippen LogP contribution in [0.25, 0.3) is 0 Å². The number of anilines is 1. The highest BCUT2D eigenvalue weighted by Gasteiger charge is 2.30. The molecule has 2 N–H and O–H groups in total. The monoisotopic (exact) mass is 242 g/mol. The van der Waals surface area contributed by atoms with Gasteiger partial charge in [0, 0.05) is 11.8 Å². The molecular formula is C10H14N2O3S. The second-order valence-corrected chi connectivity index (χ2v) is 5.07. The molecular weight excluding hydrogens is 228 g/mol. The van der Waals surface area contributed by atoms with Gasteiger partial charge in [0.2, 0.25) is 5.91 Å². The summed E-state index contributed by atoms with van der Waals surface area (Å²) >= 11 is 1.32. The second-order valence-electron chi connectivity index (χ2n) is 4.21. The minimum absolute atomic E-state index is 0.0685. The van der Waals surface area contributed by atoms with Crippen molar-refractivity contribution in [3.8, 4) is 0 Å². The fourth-order valence-corrected chi connectivity index (χ4v) is 1.76. The molecule has 0 spiro atoms. The Morgan fingerprint density at radius 2 is 2.19 bits per heavy atom. The molecule has 0 saturated heterocycles. The lowest BCUT2D eigenvalue weighted by atomic mass is 9.89. The van der Waals surface area contributed by atoms with E-state index in [2.05, 4.69) is 10.3 Å². The van der Waals surface area contributed by atoms with Gasteiger partial charge in [-0.15, -0.1) is 11.3 Å². The van der Waals surface area contributed by atoms with Gasteiger partial charge in [-0.2, -0.15) is 0 Å². The van der Waals surface area contributed by atoms with E-state index in [1.54, 1.807) is 0 Å². The summed E-state index contributed by atoms with van der Waals surface area (Å²) in [5.74, 6) is -1.32. The van der Waals surface area contributed by atoms with Crippen molar-refractivity contribution in [3.63, 3.8) is 0 Å². The predicted molar refractivity (Wildman–Crippen MR) is 61.5 cm³/mol. The molecule has 1 rings (SSSR count). The fraction of sp³-hybridized carbons (Fsp3) is 0.500. The van der Waals surface area contributed by atoms with Gasteiger partial charge in [-0.05, 0) is 20.8 Å². The third-order valence-electron chi connectivity index (χ3n) is 2.05. The van der Waals surface area contributed by atoms with Crippen molar-refractivity contribution in [1.82, 2.24) is 4.98 Å². The minimum atomic E-state index is -1.06. The van der Waals surface area contributed by atoms with E-state index in [-0.39, 0.29) is 12.3 Å². The lowest BCUT2D eigenvalue weighted by molar-refractivity contribution is -0.148. The molecule has 0 aliphatic heterocycles. The molecule has 1 aromatic rings. The number of carboxylic acids is 1. The number of hydrogen-bond donors (Lipinski definition) is 2. The molecule has 88 valence electrons. The van der Waals surface area contributed by atoms with E-state index >= 15 is 0 Å². The largest absolute Gasteiger partial charge is 0.481 e. The molecule has 0 atom stereocenters. The Labute approximate surface area is 97.5 Å². The summed E-state index contributed by atoms with van der Waals surface area (Å²) in [7, 11) is 0. The molecule has 0 bridgehead atoms. The van der Waals surface area contributed by atoms with Crippen LogP contribution < -0.4 is 5.32 Å². The molecule has 0 radical (unpaired) electrons. The summed E-state index contributed by atoms with van der Waals surface area (Å²) in [6.45, 7) is 4.86. The molecule has 6 heteroatoms. The Bertz CT molecular complexity index is 412. The number of thiazole rings is 1. The van der Waals surface area contributed by atoms with Gasteiger partial charge in [-0.25, -0.2) is 4.98 Å². The van der Waals surface area contributed by atoms with Gasteiger partial charge in [0.25, 0.3) is 0 Å². The highest BCUT2D eigenvalue weighted by Crippen LogP contribution is 2.22.